The second-order valence-electron chi connectivity index (χ2n) is 6.57. The zero-order valence-corrected chi connectivity index (χ0v) is 14.6. The standard InChI is InChI=1S/C21H18FN3O2/c22-17-8-2-1-5-15(17)12-24-21(27)16-11-19(26)25(13-16)18-9-3-6-14-7-4-10-23-20(14)18/h1-10,16H,11-13H2,(H,24,27). The van der Waals surface area contributed by atoms with Gasteiger partial charge in [0.15, 0.2) is 0 Å². The largest absolute Gasteiger partial charge is 0.352 e. The Hall–Kier alpha value is -3.28. The number of fused-ring (bicyclic) bond motifs is 1. The molecule has 1 N–H and O–H groups in total. The van der Waals surface area contributed by atoms with Crippen molar-refractivity contribution in [3.63, 3.8) is 0 Å². The van der Waals surface area contributed by atoms with Gasteiger partial charge in [-0.1, -0.05) is 36.4 Å². The normalized spacial score (nSPS) is 16.7. The van der Waals surface area contributed by atoms with E-state index in [2.05, 4.69) is 10.3 Å². The van der Waals surface area contributed by atoms with E-state index in [1.165, 1.54) is 6.07 Å². The van der Waals surface area contributed by atoms with E-state index >= 15 is 0 Å². The molecule has 1 unspecified atom stereocenters. The molecule has 2 heterocycles. The van der Waals surface area contributed by atoms with Crippen LogP contribution in [0, 0.1) is 11.7 Å². The molecule has 3 aromatic rings. The molecule has 0 aliphatic carbocycles. The third-order valence-electron chi connectivity index (χ3n) is 4.81. The average Bonchev–Trinajstić information content (AvgIpc) is 3.08. The van der Waals surface area contributed by atoms with Crippen LogP contribution >= 0.6 is 0 Å². The van der Waals surface area contributed by atoms with Crippen LogP contribution in [0.15, 0.2) is 60.8 Å². The van der Waals surface area contributed by atoms with Crippen LogP contribution in [0.1, 0.15) is 12.0 Å². The van der Waals surface area contributed by atoms with Crippen LogP contribution in [0.5, 0.6) is 0 Å². The quantitative estimate of drug-likeness (QED) is 0.775. The molecule has 136 valence electrons. The predicted octanol–water partition coefficient (Wildman–Crippen LogP) is 3.04. The first-order valence-corrected chi connectivity index (χ1v) is 8.79. The Balaban J connectivity index is 1.49. The molecule has 2 aromatic carbocycles. The highest BCUT2D eigenvalue weighted by Gasteiger charge is 2.35. The lowest BCUT2D eigenvalue weighted by Crippen LogP contribution is -2.32. The number of nitrogens with one attached hydrogen (secondary N) is 1. The Labute approximate surface area is 155 Å². The zero-order chi connectivity index (χ0) is 18.8. The van der Waals surface area contributed by atoms with Gasteiger partial charge in [-0.2, -0.15) is 0 Å². The summed E-state index contributed by atoms with van der Waals surface area (Å²) in [4.78, 5) is 31.0. The molecule has 27 heavy (non-hydrogen) atoms. The van der Waals surface area contributed by atoms with Crippen molar-refractivity contribution in [2.45, 2.75) is 13.0 Å². The van der Waals surface area contributed by atoms with E-state index in [1.54, 1.807) is 29.3 Å². The molecule has 0 saturated carbocycles. The van der Waals surface area contributed by atoms with Crippen molar-refractivity contribution in [1.29, 1.82) is 0 Å². The summed E-state index contributed by atoms with van der Waals surface area (Å²) < 4.78 is 13.7. The van der Waals surface area contributed by atoms with Crippen molar-refractivity contribution in [3.05, 3.63) is 72.2 Å². The maximum Gasteiger partial charge on any atom is 0.227 e. The fraction of sp³-hybridized carbons (Fsp3) is 0.190. The van der Waals surface area contributed by atoms with E-state index in [-0.39, 0.29) is 37.1 Å². The number of halogens is 1. The SMILES string of the molecule is O=C(NCc1ccccc1F)C1CC(=O)N(c2cccc3cccnc23)C1. The van der Waals surface area contributed by atoms with Gasteiger partial charge >= 0.3 is 0 Å². The number of amides is 2. The second kappa shape index (κ2) is 7.15. The van der Waals surface area contributed by atoms with Gasteiger partial charge in [-0.05, 0) is 18.2 Å². The predicted molar refractivity (Wildman–Crippen MR) is 100 cm³/mol. The van der Waals surface area contributed by atoms with Gasteiger partial charge in [-0.3, -0.25) is 14.6 Å². The maximum absolute atomic E-state index is 13.7. The van der Waals surface area contributed by atoms with E-state index in [4.69, 9.17) is 0 Å². The van der Waals surface area contributed by atoms with Crippen molar-refractivity contribution < 1.29 is 14.0 Å². The van der Waals surface area contributed by atoms with Crippen LogP contribution in [0.3, 0.4) is 0 Å². The lowest BCUT2D eigenvalue weighted by molar-refractivity contribution is -0.126. The Morgan fingerprint density at radius 2 is 1.96 bits per heavy atom. The van der Waals surface area contributed by atoms with Gasteiger partial charge in [0.05, 0.1) is 17.1 Å². The Bertz CT molecular complexity index is 1020. The first-order chi connectivity index (χ1) is 13.1. The molecule has 5 nitrogen and oxygen atoms in total. The lowest BCUT2D eigenvalue weighted by Gasteiger charge is -2.18. The van der Waals surface area contributed by atoms with Crippen LogP contribution < -0.4 is 10.2 Å². The summed E-state index contributed by atoms with van der Waals surface area (Å²) in [6.07, 6.45) is 1.82. The minimum atomic E-state index is -0.469. The summed E-state index contributed by atoms with van der Waals surface area (Å²) in [5.41, 5.74) is 1.87. The van der Waals surface area contributed by atoms with Gasteiger partial charge in [0.1, 0.15) is 5.82 Å². The topological polar surface area (TPSA) is 62.3 Å². The highest BCUT2D eigenvalue weighted by molar-refractivity contribution is 6.05. The van der Waals surface area contributed by atoms with Crippen molar-refractivity contribution >= 4 is 28.4 Å². The molecule has 4 rings (SSSR count). The first kappa shape index (κ1) is 17.1. The van der Waals surface area contributed by atoms with Gasteiger partial charge in [0, 0.05) is 36.7 Å². The lowest BCUT2D eigenvalue weighted by atomic mass is 10.1. The van der Waals surface area contributed by atoms with Crippen LogP contribution in [0.25, 0.3) is 10.9 Å². The van der Waals surface area contributed by atoms with Gasteiger partial charge in [0.25, 0.3) is 0 Å². The third-order valence-corrected chi connectivity index (χ3v) is 4.81. The molecule has 1 saturated heterocycles. The number of nitrogens with zero attached hydrogens (tertiary/aromatic N) is 2. The molecule has 1 aliphatic rings. The molecule has 6 heteroatoms. The van der Waals surface area contributed by atoms with Gasteiger partial charge < -0.3 is 10.2 Å². The molecule has 1 fully saturated rings. The van der Waals surface area contributed by atoms with E-state index < -0.39 is 5.92 Å². The minimum absolute atomic E-state index is 0.103. The number of carbonyl (C=O) groups excluding carboxylic acids is 2. The zero-order valence-electron chi connectivity index (χ0n) is 14.6. The van der Waals surface area contributed by atoms with Crippen LogP contribution in [0.2, 0.25) is 0 Å². The Morgan fingerprint density at radius 1 is 1.15 bits per heavy atom. The molecule has 1 aliphatic heterocycles. The van der Waals surface area contributed by atoms with E-state index in [0.29, 0.717) is 11.3 Å². The number of hydrogen-bond acceptors (Lipinski definition) is 3. The van der Waals surface area contributed by atoms with Crippen LogP contribution in [-0.4, -0.2) is 23.3 Å². The minimum Gasteiger partial charge on any atom is -0.352 e. The molecule has 1 aromatic heterocycles. The van der Waals surface area contributed by atoms with Crippen LogP contribution in [0.4, 0.5) is 10.1 Å². The van der Waals surface area contributed by atoms with Crippen molar-refractivity contribution in [3.8, 4) is 0 Å². The smallest absolute Gasteiger partial charge is 0.227 e. The van der Waals surface area contributed by atoms with E-state index in [1.807, 2.05) is 30.3 Å². The highest BCUT2D eigenvalue weighted by atomic mass is 19.1. The highest BCUT2D eigenvalue weighted by Crippen LogP contribution is 2.30. The number of hydrogen-bond donors (Lipinski definition) is 1. The number of rotatable bonds is 4. The molecule has 0 bridgehead atoms. The number of benzene rings is 2. The van der Waals surface area contributed by atoms with E-state index in [0.717, 1.165) is 10.9 Å². The summed E-state index contributed by atoms with van der Waals surface area (Å²) in [5, 5.41) is 3.68. The summed E-state index contributed by atoms with van der Waals surface area (Å²) in [7, 11) is 0. The van der Waals surface area contributed by atoms with Gasteiger partial charge in [0.2, 0.25) is 11.8 Å². The van der Waals surface area contributed by atoms with Gasteiger partial charge in [-0.15, -0.1) is 0 Å². The number of para-hydroxylation sites is 1. The summed E-state index contributed by atoms with van der Waals surface area (Å²) in [6, 6.07) is 15.7. The molecule has 2 amide bonds. The summed E-state index contributed by atoms with van der Waals surface area (Å²) in [6.45, 7) is 0.393. The number of aromatic nitrogens is 1. The second-order valence-corrected chi connectivity index (χ2v) is 6.57. The molecule has 0 radical (unpaired) electrons. The average molecular weight is 363 g/mol. The maximum atomic E-state index is 13.7. The number of pyridine rings is 1. The van der Waals surface area contributed by atoms with Crippen molar-refractivity contribution in [1.82, 2.24) is 10.3 Å². The monoisotopic (exact) mass is 363 g/mol. The Kier molecular flexibility index (Phi) is 4.54. The third kappa shape index (κ3) is 3.38. The molecule has 1 atom stereocenters. The molecule has 0 spiro atoms. The summed E-state index contributed by atoms with van der Waals surface area (Å²) in [5.74, 6) is -1.19. The number of anilines is 1. The number of carbonyl (C=O) groups is 2. The van der Waals surface area contributed by atoms with E-state index in [9.17, 15) is 14.0 Å². The Morgan fingerprint density at radius 3 is 2.81 bits per heavy atom. The molecular formula is C21H18FN3O2. The first-order valence-electron chi connectivity index (χ1n) is 8.79. The van der Waals surface area contributed by atoms with Crippen LogP contribution in [-0.2, 0) is 16.1 Å². The molecular weight excluding hydrogens is 345 g/mol. The van der Waals surface area contributed by atoms with Crippen molar-refractivity contribution in [2.24, 2.45) is 5.92 Å². The fourth-order valence-electron chi connectivity index (χ4n) is 3.39. The fourth-order valence-corrected chi connectivity index (χ4v) is 3.39. The van der Waals surface area contributed by atoms with Gasteiger partial charge in [-0.25, -0.2) is 4.39 Å². The summed E-state index contributed by atoms with van der Waals surface area (Å²) >= 11 is 0. The van der Waals surface area contributed by atoms with Crippen molar-refractivity contribution in [2.75, 3.05) is 11.4 Å².